The molecule has 190 valence electrons. The molecular formula is C24H27BrN6O5. The van der Waals surface area contributed by atoms with E-state index >= 15 is 0 Å². The second-order valence-corrected chi connectivity index (χ2v) is 9.93. The average Bonchev–Trinajstić information content (AvgIpc) is 2.89. The highest BCUT2D eigenvalue weighted by Gasteiger charge is 2.31. The van der Waals surface area contributed by atoms with E-state index in [0.717, 1.165) is 19.3 Å². The summed E-state index contributed by atoms with van der Waals surface area (Å²) in [5, 5.41) is 15.1. The maximum absolute atomic E-state index is 13.4. The number of likely N-dealkylation sites (tertiary alicyclic amines) is 2. The van der Waals surface area contributed by atoms with Crippen LogP contribution in [0.15, 0.2) is 35.1 Å². The normalized spacial score (nSPS) is 18.0. The fraction of sp³-hybridized carbons (Fsp3) is 0.417. The Labute approximate surface area is 216 Å². The van der Waals surface area contributed by atoms with Crippen molar-refractivity contribution in [3.05, 3.63) is 61.9 Å². The van der Waals surface area contributed by atoms with E-state index in [0.29, 0.717) is 36.9 Å². The number of nitro groups is 1. The van der Waals surface area contributed by atoms with E-state index in [4.69, 9.17) is 5.73 Å². The van der Waals surface area contributed by atoms with Crippen LogP contribution in [0, 0.1) is 10.1 Å². The Bertz CT molecular complexity index is 1200. The van der Waals surface area contributed by atoms with E-state index < -0.39 is 10.8 Å². The maximum atomic E-state index is 13.4. The van der Waals surface area contributed by atoms with Gasteiger partial charge in [0.2, 0.25) is 5.91 Å². The van der Waals surface area contributed by atoms with Crippen molar-refractivity contribution in [1.29, 1.82) is 0 Å². The summed E-state index contributed by atoms with van der Waals surface area (Å²) in [5.41, 5.74) is 5.88. The number of halogens is 1. The summed E-state index contributed by atoms with van der Waals surface area (Å²) in [4.78, 5) is 56.6. The highest BCUT2D eigenvalue weighted by molar-refractivity contribution is 9.10. The van der Waals surface area contributed by atoms with Crippen molar-refractivity contribution in [2.75, 3.05) is 31.5 Å². The van der Waals surface area contributed by atoms with Gasteiger partial charge in [0, 0.05) is 55.2 Å². The molecule has 1 aromatic heterocycles. The largest absolute Gasteiger partial charge is 0.374 e. The van der Waals surface area contributed by atoms with Gasteiger partial charge in [-0.3, -0.25) is 29.5 Å². The van der Waals surface area contributed by atoms with E-state index in [1.54, 1.807) is 15.9 Å². The summed E-state index contributed by atoms with van der Waals surface area (Å²) in [6.07, 6.45) is 6.84. The zero-order valence-electron chi connectivity index (χ0n) is 19.6. The van der Waals surface area contributed by atoms with Gasteiger partial charge in [0.1, 0.15) is 5.69 Å². The van der Waals surface area contributed by atoms with Gasteiger partial charge in [-0.05, 0) is 44.2 Å². The van der Waals surface area contributed by atoms with Crippen LogP contribution < -0.4 is 11.1 Å². The van der Waals surface area contributed by atoms with E-state index in [1.165, 1.54) is 24.5 Å². The highest BCUT2D eigenvalue weighted by Crippen LogP contribution is 2.35. The Balaban J connectivity index is 1.59. The summed E-state index contributed by atoms with van der Waals surface area (Å²) in [6, 6.07) is 4.08. The number of primary amides is 1. The molecule has 12 heteroatoms. The number of amides is 3. The molecule has 2 saturated heterocycles. The predicted octanol–water partition coefficient (Wildman–Crippen LogP) is 3.19. The average molecular weight is 559 g/mol. The van der Waals surface area contributed by atoms with E-state index in [2.05, 4.69) is 26.2 Å². The summed E-state index contributed by atoms with van der Waals surface area (Å²) in [7, 11) is 0. The molecule has 0 saturated carbocycles. The fourth-order valence-corrected chi connectivity index (χ4v) is 5.13. The van der Waals surface area contributed by atoms with Gasteiger partial charge in [0.25, 0.3) is 17.5 Å². The van der Waals surface area contributed by atoms with Crippen LogP contribution in [0.2, 0.25) is 0 Å². The number of nitrogens with one attached hydrogen (secondary N) is 1. The van der Waals surface area contributed by atoms with Gasteiger partial charge in [-0.1, -0.05) is 15.9 Å². The van der Waals surface area contributed by atoms with Crippen molar-refractivity contribution in [3.8, 4) is 0 Å². The molecule has 0 spiro atoms. The number of nitrogens with two attached hydrogens (primary N) is 1. The summed E-state index contributed by atoms with van der Waals surface area (Å²) < 4.78 is 0.447. The van der Waals surface area contributed by atoms with Gasteiger partial charge in [0.05, 0.1) is 21.6 Å². The third-order valence-electron chi connectivity index (χ3n) is 6.48. The molecule has 1 aromatic carbocycles. The summed E-state index contributed by atoms with van der Waals surface area (Å²) >= 11 is 3.31. The van der Waals surface area contributed by atoms with Crippen LogP contribution in [0.25, 0.3) is 0 Å². The monoisotopic (exact) mass is 558 g/mol. The highest BCUT2D eigenvalue weighted by atomic mass is 79.9. The third kappa shape index (κ3) is 5.64. The quantitative estimate of drug-likeness (QED) is 0.407. The first-order valence-electron chi connectivity index (χ1n) is 11.8. The molecule has 0 radical (unpaired) electrons. The minimum Gasteiger partial charge on any atom is -0.374 e. The molecule has 2 aromatic rings. The molecule has 0 bridgehead atoms. The first kappa shape index (κ1) is 25.5. The van der Waals surface area contributed by atoms with Crippen molar-refractivity contribution in [1.82, 2.24) is 14.8 Å². The third-order valence-corrected chi connectivity index (χ3v) is 6.94. The lowest BCUT2D eigenvalue weighted by Gasteiger charge is -2.34. The van der Waals surface area contributed by atoms with Crippen LogP contribution in [0.1, 0.15) is 63.2 Å². The number of anilines is 1. The smallest absolute Gasteiger partial charge is 0.294 e. The van der Waals surface area contributed by atoms with Gasteiger partial charge >= 0.3 is 0 Å². The van der Waals surface area contributed by atoms with Crippen LogP contribution in [0.3, 0.4) is 0 Å². The molecule has 3 amide bonds. The lowest BCUT2D eigenvalue weighted by molar-refractivity contribution is -0.384. The molecule has 0 aliphatic carbocycles. The Morgan fingerprint density at radius 2 is 1.69 bits per heavy atom. The Kier molecular flexibility index (Phi) is 7.82. The van der Waals surface area contributed by atoms with Crippen LogP contribution in [0.5, 0.6) is 0 Å². The fourth-order valence-electron chi connectivity index (χ4n) is 4.68. The molecule has 2 aliphatic rings. The molecule has 2 fully saturated rings. The Morgan fingerprint density at radius 3 is 2.39 bits per heavy atom. The predicted molar refractivity (Wildman–Crippen MR) is 136 cm³/mol. The Morgan fingerprint density at radius 1 is 1.00 bits per heavy atom. The number of hydrogen-bond donors (Lipinski definition) is 2. The topological polar surface area (TPSA) is 152 Å². The maximum Gasteiger partial charge on any atom is 0.294 e. The second-order valence-electron chi connectivity index (χ2n) is 9.02. The minimum absolute atomic E-state index is 0.138. The Hall–Kier alpha value is -3.54. The number of rotatable bonds is 6. The SMILES string of the molecule is NC(=O)c1cncc(C(=O)N2CCC[C@@H](Nc3c(C(=O)N4CCCCC4)cc(Br)cc3[N+](=O)[O-])C2)c1. The van der Waals surface area contributed by atoms with Crippen LogP contribution in [-0.4, -0.2) is 69.6 Å². The number of pyridine rings is 1. The summed E-state index contributed by atoms with van der Waals surface area (Å²) in [6.45, 7) is 1.98. The van der Waals surface area contributed by atoms with Crippen LogP contribution >= 0.6 is 15.9 Å². The van der Waals surface area contributed by atoms with Gasteiger partial charge in [0.15, 0.2) is 0 Å². The second kappa shape index (κ2) is 11.0. The molecule has 11 nitrogen and oxygen atoms in total. The van der Waals surface area contributed by atoms with Crippen molar-refractivity contribution >= 4 is 45.0 Å². The molecule has 3 heterocycles. The zero-order valence-corrected chi connectivity index (χ0v) is 21.2. The van der Waals surface area contributed by atoms with Crippen molar-refractivity contribution in [3.63, 3.8) is 0 Å². The number of nitrogens with zero attached hydrogens (tertiary/aromatic N) is 4. The molecule has 3 N–H and O–H groups in total. The zero-order chi connectivity index (χ0) is 25.8. The summed E-state index contributed by atoms with van der Waals surface area (Å²) in [5.74, 6) is -1.24. The molecule has 4 rings (SSSR count). The number of carbonyl (C=O) groups is 3. The lowest BCUT2D eigenvalue weighted by Crippen LogP contribution is -2.45. The minimum atomic E-state index is -0.677. The van der Waals surface area contributed by atoms with Crippen LogP contribution in [0.4, 0.5) is 11.4 Å². The first-order chi connectivity index (χ1) is 17.2. The van der Waals surface area contributed by atoms with Crippen molar-refractivity contribution < 1.29 is 19.3 Å². The number of benzene rings is 1. The number of nitro benzene ring substituents is 1. The molecule has 2 aliphatic heterocycles. The molecule has 36 heavy (non-hydrogen) atoms. The lowest BCUT2D eigenvalue weighted by atomic mass is 10.0. The van der Waals surface area contributed by atoms with Gasteiger partial charge in [-0.15, -0.1) is 0 Å². The van der Waals surface area contributed by atoms with Gasteiger partial charge in [-0.2, -0.15) is 0 Å². The number of hydrogen-bond acceptors (Lipinski definition) is 7. The number of aromatic nitrogens is 1. The van der Waals surface area contributed by atoms with E-state index in [1.807, 2.05) is 0 Å². The van der Waals surface area contributed by atoms with E-state index in [9.17, 15) is 24.5 Å². The van der Waals surface area contributed by atoms with Crippen molar-refractivity contribution in [2.24, 2.45) is 5.73 Å². The van der Waals surface area contributed by atoms with Crippen LogP contribution in [-0.2, 0) is 0 Å². The molecule has 1 atom stereocenters. The molecular weight excluding hydrogens is 532 g/mol. The number of carbonyl (C=O) groups excluding carboxylic acids is 3. The standard InChI is InChI=1S/C24H27BrN6O5/c25-17-10-19(24(34)29-6-2-1-3-7-29)21(20(11-17)31(35)36)28-18-5-4-8-30(14-18)23(33)16-9-15(22(26)32)12-27-13-16/h9-13,18,28H,1-8,14H2,(H2,26,32)/t18-/m1/s1. The van der Waals surface area contributed by atoms with Crippen molar-refractivity contribution in [2.45, 2.75) is 38.1 Å². The van der Waals surface area contributed by atoms with E-state index in [-0.39, 0.29) is 52.5 Å². The molecule has 0 unspecified atom stereocenters. The first-order valence-corrected chi connectivity index (χ1v) is 12.6. The van der Waals surface area contributed by atoms with Gasteiger partial charge < -0.3 is 20.9 Å². The number of piperidine rings is 2. The van der Waals surface area contributed by atoms with Gasteiger partial charge in [-0.25, -0.2) is 0 Å².